The zero-order valence-electron chi connectivity index (χ0n) is 13.2. The van der Waals surface area contributed by atoms with Gasteiger partial charge in [-0.15, -0.1) is 10.2 Å². The molecule has 0 N–H and O–H groups in total. The van der Waals surface area contributed by atoms with Crippen LogP contribution >= 0.6 is 0 Å². The number of hydrogen-bond donors (Lipinski definition) is 0. The van der Waals surface area contributed by atoms with E-state index < -0.39 is 23.3 Å². The maximum atomic E-state index is 12.5. The molecule has 3 aromatic rings. The molecule has 0 spiro atoms. The Labute approximate surface area is 145 Å². The summed E-state index contributed by atoms with van der Waals surface area (Å²) in [6.07, 6.45) is 0.336. The molecule has 0 saturated heterocycles. The molecule has 1 atom stereocenters. The van der Waals surface area contributed by atoms with Crippen molar-refractivity contribution in [2.24, 2.45) is 0 Å². The number of benzene rings is 1. The van der Waals surface area contributed by atoms with Gasteiger partial charge < -0.3 is 4.42 Å². The number of pyridine rings is 1. The van der Waals surface area contributed by atoms with Crippen LogP contribution < -0.4 is 4.31 Å². The molecule has 25 heavy (non-hydrogen) atoms. The minimum atomic E-state index is -2.82. The van der Waals surface area contributed by atoms with E-state index in [-0.39, 0.29) is 5.89 Å². The molecule has 0 fully saturated rings. The van der Waals surface area contributed by atoms with Gasteiger partial charge in [0, 0.05) is 18.1 Å². The number of aromatic nitrogens is 3. The van der Waals surface area contributed by atoms with Gasteiger partial charge >= 0.3 is 6.43 Å². The molecule has 1 aromatic carbocycles. The lowest BCUT2D eigenvalue weighted by atomic mass is 10.2. The zero-order chi connectivity index (χ0) is 17.8. The topological polar surface area (TPSA) is 72.1 Å². The van der Waals surface area contributed by atoms with Gasteiger partial charge in [-0.3, -0.25) is 9.29 Å². The van der Waals surface area contributed by atoms with Crippen LogP contribution in [0.5, 0.6) is 0 Å². The monoisotopic (exact) mass is 364 g/mol. The smallest absolute Gasteiger partial charge is 0.314 e. The summed E-state index contributed by atoms with van der Waals surface area (Å²) in [7, 11) is -1.22. The lowest BCUT2D eigenvalue weighted by Crippen LogP contribution is -2.24. The number of halogens is 2. The van der Waals surface area contributed by atoms with E-state index in [0.717, 1.165) is 11.3 Å². The molecule has 130 valence electrons. The molecule has 0 bridgehead atoms. The van der Waals surface area contributed by atoms with Crippen LogP contribution in [0, 0.1) is 0 Å². The van der Waals surface area contributed by atoms with Crippen LogP contribution in [0.15, 0.2) is 53.1 Å². The minimum Gasteiger partial charge on any atom is -0.414 e. The molecule has 2 aromatic heterocycles. The normalized spacial score (nSPS) is 12.3. The van der Waals surface area contributed by atoms with Gasteiger partial charge in [-0.2, -0.15) is 8.78 Å². The van der Waals surface area contributed by atoms with Crippen molar-refractivity contribution in [3.8, 4) is 11.6 Å². The van der Waals surface area contributed by atoms with E-state index in [9.17, 15) is 13.0 Å². The molecule has 0 aliphatic rings. The molecule has 9 heteroatoms. The maximum absolute atomic E-state index is 12.5. The summed E-state index contributed by atoms with van der Waals surface area (Å²) in [5.74, 6) is -0.807. The first-order valence-corrected chi connectivity index (χ1v) is 8.79. The average molecular weight is 364 g/mol. The van der Waals surface area contributed by atoms with Crippen LogP contribution in [0.1, 0.15) is 17.9 Å². The molecular formula is C16H14F2N4O2S. The van der Waals surface area contributed by atoms with Crippen LogP contribution in [0.3, 0.4) is 0 Å². The first-order chi connectivity index (χ1) is 12.0. The summed E-state index contributed by atoms with van der Waals surface area (Å²) in [5, 5.41) is 6.83. The summed E-state index contributed by atoms with van der Waals surface area (Å²) in [6.45, 7) is 0.381. The lowest BCUT2D eigenvalue weighted by Gasteiger charge is -2.21. The van der Waals surface area contributed by atoms with Crippen LogP contribution in [-0.4, -0.2) is 25.6 Å². The van der Waals surface area contributed by atoms with Crippen molar-refractivity contribution in [3.63, 3.8) is 0 Å². The van der Waals surface area contributed by atoms with Gasteiger partial charge in [-0.05, 0) is 23.8 Å². The van der Waals surface area contributed by atoms with Crippen LogP contribution in [0.25, 0.3) is 11.6 Å². The second-order valence-corrected chi connectivity index (χ2v) is 6.38. The molecule has 0 amide bonds. The fraction of sp³-hybridized carbons (Fsp3) is 0.188. The highest BCUT2D eigenvalue weighted by atomic mass is 32.2. The Balaban J connectivity index is 1.78. The standard InChI is InChI=1S/C16H14F2N4O2S/c1-25(23)22(12-5-3-2-4-6-12)10-11-7-8-13(19-9-11)15-20-21-16(24-15)14(17)18/h2-9,14H,10H2,1H3. The molecule has 0 aliphatic heterocycles. The van der Waals surface area contributed by atoms with E-state index in [0.29, 0.717) is 12.2 Å². The maximum Gasteiger partial charge on any atom is 0.314 e. The number of nitrogens with zero attached hydrogens (tertiary/aromatic N) is 4. The third-order valence-corrected chi connectivity index (χ3v) is 4.31. The molecule has 6 nitrogen and oxygen atoms in total. The van der Waals surface area contributed by atoms with Crippen molar-refractivity contribution in [2.75, 3.05) is 10.6 Å². The van der Waals surface area contributed by atoms with Gasteiger partial charge in [0.15, 0.2) is 0 Å². The molecule has 0 saturated carbocycles. The molecule has 1 unspecified atom stereocenters. The van der Waals surface area contributed by atoms with Crippen molar-refractivity contribution in [3.05, 3.63) is 60.1 Å². The minimum absolute atomic E-state index is 0.0687. The van der Waals surface area contributed by atoms with Crippen molar-refractivity contribution >= 4 is 16.7 Å². The van der Waals surface area contributed by atoms with Gasteiger partial charge in [-0.1, -0.05) is 24.3 Å². The van der Waals surface area contributed by atoms with Gasteiger partial charge in [0.05, 0.1) is 6.54 Å². The Morgan fingerprint density at radius 2 is 1.92 bits per heavy atom. The largest absolute Gasteiger partial charge is 0.414 e. The van der Waals surface area contributed by atoms with Crippen molar-refractivity contribution in [2.45, 2.75) is 13.0 Å². The van der Waals surface area contributed by atoms with E-state index in [1.807, 2.05) is 30.3 Å². The first-order valence-electron chi connectivity index (χ1n) is 7.27. The van der Waals surface area contributed by atoms with E-state index in [2.05, 4.69) is 15.2 Å². The summed E-state index contributed by atoms with van der Waals surface area (Å²) in [5.41, 5.74) is 1.93. The molecular weight excluding hydrogens is 350 g/mol. The Kier molecular flexibility index (Phi) is 5.13. The number of para-hydroxylation sites is 1. The Bertz CT molecular complexity index is 856. The second kappa shape index (κ2) is 7.47. The van der Waals surface area contributed by atoms with Crippen molar-refractivity contribution in [1.29, 1.82) is 0 Å². The van der Waals surface area contributed by atoms with Crippen LogP contribution in [-0.2, 0) is 17.5 Å². The van der Waals surface area contributed by atoms with Gasteiger partial charge in [0.2, 0.25) is 0 Å². The fourth-order valence-corrected chi connectivity index (χ4v) is 2.91. The Morgan fingerprint density at radius 1 is 1.16 bits per heavy atom. The number of anilines is 1. The third-order valence-electron chi connectivity index (χ3n) is 3.35. The number of rotatable bonds is 6. The third kappa shape index (κ3) is 4.05. The Morgan fingerprint density at radius 3 is 2.48 bits per heavy atom. The fourth-order valence-electron chi connectivity index (χ4n) is 2.16. The summed E-state index contributed by atoms with van der Waals surface area (Å²) >= 11 is 0. The predicted octanol–water partition coefficient (Wildman–Crippen LogP) is 3.37. The highest BCUT2D eigenvalue weighted by Crippen LogP contribution is 2.23. The SMILES string of the molecule is CS(=O)N(Cc1ccc(-c2nnc(C(F)F)o2)nc1)c1ccccc1. The Hall–Kier alpha value is -2.68. The summed E-state index contributed by atoms with van der Waals surface area (Å²) in [4.78, 5) is 4.16. The van der Waals surface area contributed by atoms with E-state index in [1.54, 1.807) is 28.9 Å². The van der Waals surface area contributed by atoms with Crippen molar-refractivity contribution in [1.82, 2.24) is 15.2 Å². The molecule has 2 heterocycles. The molecule has 0 radical (unpaired) electrons. The van der Waals surface area contributed by atoms with Gasteiger partial charge in [-0.25, -0.2) is 4.21 Å². The summed E-state index contributed by atoms with van der Waals surface area (Å²) in [6, 6.07) is 12.7. The highest BCUT2D eigenvalue weighted by molar-refractivity contribution is 7.85. The number of hydrogen-bond acceptors (Lipinski definition) is 5. The van der Waals surface area contributed by atoms with Crippen molar-refractivity contribution < 1.29 is 17.4 Å². The van der Waals surface area contributed by atoms with Gasteiger partial charge in [0.25, 0.3) is 11.8 Å². The summed E-state index contributed by atoms with van der Waals surface area (Å²) < 4.78 is 43.6. The molecule has 3 rings (SSSR count). The lowest BCUT2D eigenvalue weighted by molar-refractivity contribution is 0.116. The average Bonchev–Trinajstić information content (AvgIpc) is 3.11. The van der Waals surface area contributed by atoms with Gasteiger partial charge in [0.1, 0.15) is 16.7 Å². The predicted molar refractivity (Wildman–Crippen MR) is 89.2 cm³/mol. The second-order valence-electron chi connectivity index (χ2n) is 5.09. The number of alkyl halides is 2. The quantitative estimate of drug-likeness (QED) is 0.671. The van der Waals surface area contributed by atoms with E-state index >= 15 is 0 Å². The first kappa shape index (κ1) is 17.2. The highest BCUT2D eigenvalue weighted by Gasteiger charge is 2.18. The van der Waals surface area contributed by atoms with Crippen LogP contribution in [0.4, 0.5) is 14.5 Å². The molecule has 0 aliphatic carbocycles. The van der Waals surface area contributed by atoms with Crippen LogP contribution in [0.2, 0.25) is 0 Å². The van der Waals surface area contributed by atoms with E-state index in [4.69, 9.17) is 4.42 Å². The van der Waals surface area contributed by atoms with E-state index in [1.165, 1.54) is 0 Å². The zero-order valence-corrected chi connectivity index (χ0v) is 14.0.